The van der Waals surface area contributed by atoms with Crippen LogP contribution in [-0.4, -0.2) is 21.7 Å². The van der Waals surface area contributed by atoms with Crippen LogP contribution < -0.4 is 0 Å². The number of carbonyl (C=O) groups is 1. The lowest BCUT2D eigenvalue weighted by molar-refractivity contribution is -0.144. The van der Waals surface area contributed by atoms with Gasteiger partial charge in [0.15, 0.2) is 5.67 Å². The molecule has 1 N–H and O–H groups in total. The Bertz CT molecular complexity index is 811. The van der Waals surface area contributed by atoms with Crippen LogP contribution >= 0.6 is 0 Å². The van der Waals surface area contributed by atoms with E-state index in [0.29, 0.717) is 0 Å². The Morgan fingerprint density at radius 1 is 1.24 bits per heavy atom. The predicted molar refractivity (Wildman–Crippen MR) is 89.1 cm³/mol. The molecule has 0 radical (unpaired) electrons. The summed E-state index contributed by atoms with van der Waals surface area (Å²) in [7, 11) is 0. The SMILES string of the molecule is O=C(O)[C@@H]1CC[C@@](F)(C#Cc2ccc(F)cn2)C[C@H]1c1ccccc1. The first-order valence-electron chi connectivity index (χ1n) is 8.08. The van der Waals surface area contributed by atoms with Gasteiger partial charge in [0, 0.05) is 12.3 Å². The van der Waals surface area contributed by atoms with E-state index >= 15 is 4.39 Å². The van der Waals surface area contributed by atoms with E-state index in [9.17, 15) is 14.3 Å². The number of pyridine rings is 1. The van der Waals surface area contributed by atoms with E-state index in [2.05, 4.69) is 16.8 Å². The third-order valence-corrected chi connectivity index (χ3v) is 4.57. The highest BCUT2D eigenvalue weighted by Gasteiger charge is 2.43. The number of alkyl halides is 1. The number of rotatable bonds is 2. The second-order valence-corrected chi connectivity index (χ2v) is 6.28. The van der Waals surface area contributed by atoms with E-state index in [1.807, 2.05) is 30.3 Å². The highest BCUT2D eigenvalue weighted by atomic mass is 19.1. The molecule has 3 nitrogen and oxygen atoms in total. The molecule has 25 heavy (non-hydrogen) atoms. The topological polar surface area (TPSA) is 50.2 Å². The van der Waals surface area contributed by atoms with Crippen molar-refractivity contribution < 1.29 is 18.7 Å². The number of nitrogens with zero attached hydrogens (tertiary/aromatic N) is 1. The van der Waals surface area contributed by atoms with Crippen LogP contribution in [0, 0.1) is 23.6 Å². The summed E-state index contributed by atoms with van der Waals surface area (Å²) in [5.74, 6) is 2.79. The Kier molecular flexibility index (Phi) is 4.80. The van der Waals surface area contributed by atoms with Gasteiger partial charge < -0.3 is 5.11 Å². The summed E-state index contributed by atoms with van der Waals surface area (Å²) in [6.07, 6.45) is 1.32. The molecule has 1 aliphatic rings. The van der Waals surface area contributed by atoms with Crippen molar-refractivity contribution in [2.45, 2.75) is 30.8 Å². The van der Waals surface area contributed by atoms with Crippen molar-refractivity contribution >= 4 is 5.97 Å². The molecule has 5 heteroatoms. The molecule has 0 saturated heterocycles. The minimum atomic E-state index is -1.79. The molecule has 0 bridgehead atoms. The van der Waals surface area contributed by atoms with Gasteiger partial charge in [-0.2, -0.15) is 0 Å². The number of halogens is 2. The second-order valence-electron chi connectivity index (χ2n) is 6.28. The number of benzene rings is 1. The van der Waals surface area contributed by atoms with Crippen molar-refractivity contribution in [2.75, 3.05) is 0 Å². The molecule has 128 valence electrons. The molecule has 1 aromatic carbocycles. The maximum absolute atomic E-state index is 15.2. The molecule has 0 unspecified atom stereocenters. The fraction of sp³-hybridized carbons (Fsp3) is 0.300. The summed E-state index contributed by atoms with van der Waals surface area (Å²) in [6.45, 7) is 0. The van der Waals surface area contributed by atoms with Crippen molar-refractivity contribution in [2.24, 2.45) is 5.92 Å². The van der Waals surface area contributed by atoms with Crippen LogP contribution in [0.5, 0.6) is 0 Å². The smallest absolute Gasteiger partial charge is 0.307 e. The minimum Gasteiger partial charge on any atom is -0.481 e. The lowest BCUT2D eigenvalue weighted by Crippen LogP contribution is -2.37. The minimum absolute atomic E-state index is 0.0160. The number of carboxylic acids is 1. The van der Waals surface area contributed by atoms with E-state index in [-0.39, 0.29) is 25.0 Å². The molecule has 3 atom stereocenters. The van der Waals surface area contributed by atoms with Crippen LogP contribution in [0.3, 0.4) is 0 Å². The van der Waals surface area contributed by atoms with Gasteiger partial charge in [0.1, 0.15) is 11.5 Å². The van der Waals surface area contributed by atoms with Crippen LogP contribution in [0.1, 0.15) is 36.4 Å². The van der Waals surface area contributed by atoms with Crippen molar-refractivity contribution in [3.05, 3.63) is 65.7 Å². The third kappa shape index (κ3) is 4.03. The average molecular weight is 341 g/mol. The standard InChI is InChI=1S/C20H17F2NO2/c21-15-6-7-16(23-13-15)8-10-20(22)11-9-17(19(24)25)18(12-20)14-4-2-1-3-5-14/h1-7,13,17-18H,9,11-12H2,(H,24,25)/t17-,18+,20+/m1/s1. The molecule has 1 aliphatic carbocycles. The summed E-state index contributed by atoms with van der Waals surface area (Å²) >= 11 is 0. The maximum atomic E-state index is 15.2. The zero-order chi connectivity index (χ0) is 17.9. The summed E-state index contributed by atoms with van der Waals surface area (Å²) in [5.41, 5.74) is -0.698. The Hall–Kier alpha value is -2.74. The highest BCUT2D eigenvalue weighted by molar-refractivity contribution is 5.71. The van der Waals surface area contributed by atoms with Crippen LogP contribution in [0.4, 0.5) is 8.78 Å². The first-order chi connectivity index (χ1) is 12.0. The largest absolute Gasteiger partial charge is 0.481 e. The zero-order valence-electron chi connectivity index (χ0n) is 13.5. The molecule has 0 spiro atoms. The first-order valence-corrected chi connectivity index (χ1v) is 8.08. The van der Waals surface area contributed by atoms with Crippen LogP contribution in [-0.2, 0) is 4.79 Å². The van der Waals surface area contributed by atoms with Gasteiger partial charge in [-0.05, 0) is 36.5 Å². The van der Waals surface area contributed by atoms with Gasteiger partial charge >= 0.3 is 5.97 Å². The van der Waals surface area contributed by atoms with Gasteiger partial charge in [0.05, 0.1) is 12.1 Å². The Labute approximate surface area is 144 Å². The number of aliphatic carboxylic acids is 1. The van der Waals surface area contributed by atoms with Gasteiger partial charge in [-0.3, -0.25) is 4.79 Å². The Balaban J connectivity index is 1.86. The molecule has 2 aromatic rings. The Morgan fingerprint density at radius 2 is 2.00 bits per heavy atom. The molecule has 1 aromatic heterocycles. The molecule has 1 fully saturated rings. The van der Waals surface area contributed by atoms with Gasteiger partial charge in [-0.25, -0.2) is 13.8 Å². The van der Waals surface area contributed by atoms with Crippen LogP contribution in [0.2, 0.25) is 0 Å². The number of hydrogen-bond acceptors (Lipinski definition) is 2. The first kappa shape index (κ1) is 17.1. The molecule has 3 rings (SSSR count). The van der Waals surface area contributed by atoms with E-state index < -0.39 is 29.3 Å². The summed E-state index contributed by atoms with van der Waals surface area (Å²) in [5, 5.41) is 9.47. The lowest BCUT2D eigenvalue weighted by Gasteiger charge is -2.35. The third-order valence-electron chi connectivity index (χ3n) is 4.57. The van der Waals surface area contributed by atoms with Gasteiger partial charge in [-0.1, -0.05) is 36.3 Å². The number of carboxylic acid groups (broad SMARTS) is 1. The van der Waals surface area contributed by atoms with Crippen LogP contribution in [0.15, 0.2) is 48.7 Å². The van der Waals surface area contributed by atoms with Crippen molar-refractivity contribution in [3.63, 3.8) is 0 Å². The average Bonchev–Trinajstić information content (AvgIpc) is 2.62. The van der Waals surface area contributed by atoms with Gasteiger partial charge in [0.25, 0.3) is 0 Å². The van der Waals surface area contributed by atoms with E-state index in [1.165, 1.54) is 12.1 Å². The fourth-order valence-electron chi connectivity index (χ4n) is 3.26. The molecular formula is C20H17F2NO2. The van der Waals surface area contributed by atoms with E-state index in [4.69, 9.17) is 0 Å². The molecule has 0 amide bonds. The van der Waals surface area contributed by atoms with E-state index in [0.717, 1.165) is 11.8 Å². The second kappa shape index (κ2) is 7.02. The van der Waals surface area contributed by atoms with Gasteiger partial charge in [-0.15, -0.1) is 0 Å². The normalized spacial score (nSPS) is 25.7. The van der Waals surface area contributed by atoms with E-state index in [1.54, 1.807) is 0 Å². The maximum Gasteiger partial charge on any atom is 0.307 e. The number of aromatic nitrogens is 1. The van der Waals surface area contributed by atoms with Crippen molar-refractivity contribution in [1.29, 1.82) is 0 Å². The van der Waals surface area contributed by atoms with Crippen molar-refractivity contribution in [3.8, 4) is 11.8 Å². The number of hydrogen-bond donors (Lipinski definition) is 1. The monoisotopic (exact) mass is 341 g/mol. The van der Waals surface area contributed by atoms with Crippen molar-refractivity contribution in [1.82, 2.24) is 4.98 Å². The van der Waals surface area contributed by atoms with Gasteiger partial charge in [0.2, 0.25) is 0 Å². The van der Waals surface area contributed by atoms with Crippen LogP contribution in [0.25, 0.3) is 0 Å². The summed E-state index contributed by atoms with van der Waals surface area (Å²) in [4.78, 5) is 15.4. The zero-order valence-corrected chi connectivity index (χ0v) is 13.5. The molecule has 0 aliphatic heterocycles. The molecule has 1 heterocycles. The fourth-order valence-corrected chi connectivity index (χ4v) is 3.26. The molecule has 1 saturated carbocycles. The summed E-state index contributed by atoms with van der Waals surface area (Å²) in [6, 6.07) is 11.7. The lowest BCUT2D eigenvalue weighted by atomic mass is 9.70. The predicted octanol–water partition coefficient (Wildman–Crippen LogP) is 3.95. The Morgan fingerprint density at radius 3 is 2.64 bits per heavy atom. The quantitative estimate of drug-likeness (QED) is 0.842. The molecular weight excluding hydrogens is 324 g/mol. The summed E-state index contributed by atoms with van der Waals surface area (Å²) < 4.78 is 28.1. The highest BCUT2D eigenvalue weighted by Crippen LogP contribution is 2.44.